The summed E-state index contributed by atoms with van der Waals surface area (Å²) in [5.41, 5.74) is 0. The maximum absolute atomic E-state index is 11.9. The van der Waals surface area contributed by atoms with Crippen molar-refractivity contribution in [2.75, 3.05) is 45.9 Å². The number of halogens is 3. The van der Waals surface area contributed by atoms with E-state index in [2.05, 4.69) is 28.8 Å². The molecule has 0 spiro atoms. The number of likely N-dealkylation sites (tertiary alicyclic amines) is 1. The molecule has 0 saturated carbocycles. The van der Waals surface area contributed by atoms with Gasteiger partial charge in [-0.05, 0) is 57.3 Å². The van der Waals surface area contributed by atoms with Crippen LogP contribution in [0.1, 0.15) is 33.1 Å². The summed E-state index contributed by atoms with van der Waals surface area (Å²) >= 11 is 0. The lowest BCUT2D eigenvalue weighted by atomic mass is 9.96. The van der Waals surface area contributed by atoms with Crippen LogP contribution < -0.4 is 5.32 Å². The van der Waals surface area contributed by atoms with Gasteiger partial charge in [0.05, 0.1) is 0 Å². The zero-order valence-electron chi connectivity index (χ0n) is 13.2. The monoisotopic (exact) mass is 310 g/mol. The maximum atomic E-state index is 11.9. The molecule has 0 unspecified atom stereocenters. The second kappa shape index (κ2) is 9.64. The van der Waals surface area contributed by atoms with E-state index in [1.807, 2.05) is 0 Å². The molecule has 0 aromatic carbocycles. The Labute approximate surface area is 126 Å². The predicted molar refractivity (Wildman–Crippen MR) is 78.4 cm³/mol. The smallest absolute Gasteiger partial charge is 0.372 e. The van der Waals surface area contributed by atoms with Crippen molar-refractivity contribution in [2.45, 2.75) is 39.3 Å². The first-order valence-corrected chi connectivity index (χ1v) is 7.94. The summed E-state index contributed by atoms with van der Waals surface area (Å²) in [5, 5.41) is 3.50. The topological polar surface area (TPSA) is 24.5 Å². The summed E-state index contributed by atoms with van der Waals surface area (Å²) in [6.45, 7) is 8.56. The fourth-order valence-corrected chi connectivity index (χ4v) is 2.57. The molecular weight excluding hydrogens is 281 g/mol. The van der Waals surface area contributed by atoms with Crippen LogP contribution in [0.25, 0.3) is 0 Å². The zero-order valence-corrected chi connectivity index (χ0v) is 13.2. The van der Waals surface area contributed by atoms with Crippen molar-refractivity contribution in [1.82, 2.24) is 10.2 Å². The highest BCUT2D eigenvalue weighted by Gasteiger charge is 2.27. The van der Waals surface area contributed by atoms with Gasteiger partial charge in [-0.2, -0.15) is 13.2 Å². The van der Waals surface area contributed by atoms with Gasteiger partial charge in [0.15, 0.2) is 0 Å². The fraction of sp³-hybridized carbons (Fsp3) is 1.00. The second-order valence-corrected chi connectivity index (χ2v) is 6.36. The third-order valence-electron chi connectivity index (χ3n) is 3.72. The average molecular weight is 310 g/mol. The van der Waals surface area contributed by atoms with Crippen LogP contribution in [0.3, 0.4) is 0 Å². The Kier molecular flexibility index (Phi) is 8.59. The second-order valence-electron chi connectivity index (χ2n) is 6.36. The standard InChI is InChI=1S/C15H29F3N2O/c1-13(2)10-19-11-14-4-7-20(8-5-14)6-3-9-21-12-15(16,17)18/h13-14,19H,3-12H2,1-2H3. The van der Waals surface area contributed by atoms with Gasteiger partial charge in [-0.1, -0.05) is 13.8 Å². The lowest BCUT2D eigenvalue weighted by molar-refractivity contribution is -0.174. The summed E-state index contributed by atoms with van der Waals surface area (Å²) in [6, 6.07) is 0. The Morgan fingerprint density at radius 3 is 2.48 bits per heavy atom. The van der Waals surface area contributed by atoms with Crippen molar-refractivity contribution in [3.8, 4) is 0 Å². The molecule has 1 aliphatic heterocycles. The molecule has 126 valence electrons. The highest BCUT2D eigenvalue weighted by molar-refractivity contribution is 4.74. The number of nitrogens with one attached hydrogen (secondary N) is 1. The first-order chi connectivity index (χ1) is 9.87. The Balaban J connectivity index is 1.98. The average Bonchev–Trinajstić information content (AvgIpc) is 2.38. The van der Waals surface area contributed by atoms with Crippen LogP contribution in [0.15, 0.2) is 0 Å². The number of hydrogen-bond donors (Lipinski definition) is 1. The van der Waals surface area contributed by atoms with Crippen molar-refractivity contribution in [2.24, 2.45) is 11.8 Å². The minimum Gasteiger partial charge on any atom is -0.372 e. The van der Waals surface area contributed by atoms with E-state index in [1.165, 1.54) is 12.8 Å². The molecule has 0 bridgehead atoms. The van der Waals surface area contributed by atoms with Crippen molar-refractivity contribution in [3.63, 3.8) is 0 Å². The van der Waals surface area contributed by atoms with Crippen molar-refractivity contribution in [1.29, 1.82) is 0 Å². The molecule has 0 amide bonds. The molecule has 1 fully saturated rings. The first kappa shape index (κ1) is 18.7. The SMILES string of the molecule is CC(C)CNCC1CCN(CCCOCC(F)(F)F)CC1. The molecule has 0 aromatic rings. The number of rotatable bonds is 9. The van der Waals surface area contributed by atoms with E-state index >= 15 is 0 Å². The molecule has 3 nitrogen and oxygen atoms in total. The van der Waals surface area contributed by atoms with Gasteiger partial charge in [0.1, 0.15) is 6.61 Å². The molecule has 1 saturated heterocycles. The number of nitrogens with zero attached hydrogens (tertiary/aromatic N) is 1. The van der Waals surface area contributed by atoms with Gasteiger partial charge in [-0.15, -0.1) is 0 Å². The minimum absolute atomic E-state index is 0.190. The molecular formula is C15H29F3N2O. The van der Waals surface area contributed by atoms with E-state index in [0.717, 1.165) is 38.6 Å². The Morgan fingerprint density at radius 1 is 1.24 bits per heavy atom. The molecule has 0 aromatic heterocycles. The minimum atomic E-state index is -4.21. The molecule has 6 heteroatoms. The van der Waals surface area contributed by atoms with Crippen molar-refractivity contribution >= 4 is 0 Å². The lowest BCUT2D eigenvalue weighted by Gasteiger charge is -2.32. The Bertz CT molecular complexity index is 264. The summed E-state index contributed by atoms with van der Waals surface area (Å²) in [7, 11) is 0. The van der Waals surface area contributed by atoms with Gasteiger partial charge < -0.3 is 15.0 Å². The molecule has 1 rings (SSSR count). The van der Waals surface area contributed by atoms with E-state index in [4.69, 9.17) is 0 Å². The number of piperidine rings is 1. The van der Waals surface area contributed by atoms with E-state index in [0.29, 0.717) is 12.3 Å². The van der Waals surface area contributed by atoms with E-state index in [9.17, 15) is 13.2 Å². The van der Waals surface area contributed by atoms with Crippen molar-refractivity contribution in [3.05, 3.63) is 0 Å². The van der Waals surface area contributed by atoms with Crippen LogP contribution in [0.5, 0.6) is 0 Å². The number of alkyl halides is 3. The quantitative estimate of drug-likeness (QED) is 0.663. The molecule has 1 aliphatic rings. The maximum Gasteiger partial charge on any atom is 0.411 e. The van der Waals surface area contributed by atoms with Crippen LogP contribution in [-0.2, 0) is 4.74 Å². The summed E-state index contributed by atoms with van der Waals surface area (Å²) in [4.78, 5) is 2.33. The zero-order chi connectivity index (χ0) is 15.7. The van der Waals surface area contributed by atoms with Gasteiger partial charge in [0.25, 0.3) is 0 Å². The molecule has 1 heterocycles. The first-order valence-electron chi connectivity index (χ1n) is 7.94. The van der Waals surface area contributed by atoms with Crippen LogP contribution in [0, 0.1) is 11.8 Å². The highest BCUT2D eigenvalue weighted by atomic mass is 19.4. The van der Waals surface area contributed by atoms with Crippen molar-refractivity contribution < 1.29 is 17.9 Å². The molecule has 21 heavy (non-hydrogen) atoms. The van der Waals surface area contributed by atoms with Gasteiger partial charge in [-0.3, -0.25) is 0 Å². The third-order valence-corrected chi connectivity index (χ3v) is 3.72. The van der Waals surface area contributed by atoms with Crippen LogP contribution in [-0.4, -0.2) is 57.0 Å². The highest BCUT2D eigenvalue weighted by Crippen LogP contribution is 2.17. The third kappa shape index (κ3) is 10.1. The fourth-order valence-electron chi connectivity index (χ4n) is 2.57. The summed E-state index contributed by atoms with van der Waals surface area (Å²) in [5.74, 6) is 1.42. The van der Waals surface area contributed by atoms with Gasteiger partial charge in [-0.25, -0.2) is 0 Å². The number of hydrogen-bond acceptors (Lipinski definition) is 3. The summed E-state index contributed by atoms with van der Waals surface area (Å²) in [6.07, 6.45) is -1.18. The molecule has 0 radical (unpaired) electrons. The lowest BCUT2D eigenvalue weighted by Crippen LogP contribution is -2.38. The van der Waals surface area contributed by atoms with Crippen LogP contribution in [0.2, 0.25) is 0 Å². The predicted octanol–water partition coefficient (Wildman–Crippen LogP) is 2.91. The molecule has 0 aliphatic carbocycles. The summed E-state index contributed by atoms with van der Waals surface area (Å²) < 4.78 is 40.3. The Morgan fingerprint density at radius 2 is 1.90 bits per heavy atom. The molecule has 0 atom stereocenters. The van der Waals surface area contributed by atoms with Gasteiger partial charge >= 0.3 is 6.18 Å². The van der Waals surface area contributed by atoms with E-state index < -0.39 is 12.8 Å². The molecule has 1 N–H and O–H groups in total. The van der Waals surface area contributed by atoms with Gasteiger partial charge in [0, 0.05) is 13.2 Å². The normalized spacial score (nSPS) is 18.6. The van der Waals surface area contributed by atoms with Gasteiger partial charge in [0.2, 0.25) is 0 Å². The Hall–Kier alpha value is -0.330. The van der Waals surface area contributed by atoms with E-state index in [-0.39, 0.29) is 6.61 Å². The van der Waals surface area contributed by atoms with E-state index in [1.54, 1.807) is 0 Å². The van der Waals surface area contributed by atoms with Crippen LogP contribution in [0.4, 0.5) is 13.2 Å². The van der Waals surface area contributed by atoms with Crippen LogP contribution >= 0.6 is 0 Å². The largest absolute Gasteiger partial charge is 0.411 e. The number of ether oxygens (including phenoxy) is 1.